The molecule has 0 unspecified atom stereocenters. The van der Waals surface area contributed by atoms with Crippen LogP contribution in [0.3, 0.4) is 0 Å². The van der Waals surface area contributed by atoms with Crippen molar-refractivity contribution in [3.8, 4) is 16.9 Å². The standard InChI is InChI=1S/C22H23FN2O3/c1-28-15-4-5-16(19(23)11-15)14-9-13-3-2-7-25-20-6-8-24(22(26)27)12-18(20)17(10-14)21(13)25/h4-5,9-11,18,20H,2-3,6-8,12H2,1H3,(H,26,27)/t18-,20-/m0/s1. The number of methoxy groups -OCH3 is 1. The SMILES string of the molecule is COc1ccc(-c2cc3c4c(c2)[C@@H]2CN(C(=O)O)CC[C@@H]2N4CCC3)c(F)c1. The third-order valence-corrected chi connectivity index (χ3v) is 6.48. The number of halogens is 1. The molecule has 3 aliphatic heterocycles. The van der Waals surface area contributed by atoms with Gasteiger partial charge in [-0.1, -0.05) is 0 Å². The monoisotopic (exact) mass is 382 g/mol. The van der Waals surface area contributed by atoms with Gasteiger partial charge in [0.25, 0.3) is 0 Å². The van der Waals surface area contributed by atoms with Crippen molar-refractivity contribution in [1.29, 1.82) is 0 Å². The lowest BCUT2D eigenvalue weighted by atomic mass is 9.87. The van der Waals surface area contributed by atoms with Gasteiger partial charge < -0.3 is 19.6 Å². The van der Waals surface area contributed by atoms with Gasteiger partial charge >= 0.3 is 6.09 Å². The topological polar surface area (TPSA) is 53.0 Å². The van der Waals surface area contributed by atoms with Crippen LogP contribution in [0.4, 0.5) is 14.9 Å². The number of likely N-dealkylation sites (tertiary alicyclic amines) is 1. The second-order valence-electron chi connectivity index (χ2n) is 7.91. The summed E-state index contributed by atoms with van der Waals surface area (Å²) in [6.45, 7) is 2.11. The lowest BCUT2D eigenvalue weighted by molar-refractivity contribution is 0.127. The molecular weight excluding hydrogens is 359 g/mol. The first-order valence-corrected chi connectivity index (χ1v) is 9.82. The number of piperidine rings is 1. The molecule has 2 atom stereocenters. The van der Waals surface area contributed by atoms with E-state index in [1.165, 1.54) is 34.9 Å². The maximum atomic E-state index is 14.7. The van der Waals surface area contributed by atoms with Crippen LogP contribution in [0.2, 0.25) is 0 Å². The second kappa shape index (κ2) is 6.40. The highest BCUT2D eigenvalue weighted by atomic mass is 19.1. The number of benzene rings is 2. The summed E-state index contributed by atoms with van der Waals surface area (Å²) in [4.78, 5) is 15.5. The van der Waals surface area contributed by atoms with E-state index in [1.807, 2.05) is 0 Å². The molecule has 0 spiro atoms. The normalized spacial score (nSPS) is 22.6. The molecule has 0 radical (unpaired) electrons. The van der Waals surface area contributed by atoms with E-state index in [0.717, 1.165) is 31.4 Å². The molecule has 3 heterocycles. The summed E-state index contributed by atoms with van der Waals surface area (Å²) in [5.41, 5.74) is 5.13. The maximum absolute atomic E-state index is 14.7. The highest BCUT2D eigenvalue weighted by molar-refractivity contribution is 5.77. The van der Waals surface area contributed by atoms with Crippen LogP contribution < -0.4 is 9.64 Å². The zero-order valence-electron chi connectivity index (χ0n) is 15.8. The van der Waals surface area contributed by atoms with Crippen LogP contribution in [0.1, 0.15) is 29.9 Å². The average Bonchev–Trinajstić information content (AvgIpc) is 3.02. The molecule has 2 aromatic carbocycles. The van der Waals surface area contributed by atoms with E-state index >= 15 is 0 Å². The molecule has 1 amide bonds. The molecule has 146 valence electrons. The van der Waals surface area contributed by atoms with Crippen molar-refractivity contribution in [3.05, 3.63) is 47.3 Å². The van der Waals surface area contributed by atoms with Crippen molar-refractivity contribution in [1.82, 2.24) is 4.90 Å². The number of anilines is 1. The first-order chi connectivity index (χ1) is 13.6. The fraction of sp³-hybridized carbons (Fsp3) is 0.409. The Kier molecular flexibility index (Phi) is 3.96. The number of ether oxygens (including phenoxy) is 1. The van der Waals surface area contributed by atoms with Crippen molar-refractivity contribution in [2.24, 2.45) is 0 Å². The summed E-state index contributed by atoms with van der Waals surface area (Å²) in [6.07, 6.45) is 2.04. The summed E-state index contributed by atoms with van der Waals surface area (Å²) in [6, 6.07) is 9.50. The minimum Gasteiger partial charge on any atom is -0.497 e. The molecule has 1 fully saturated rings. The van der Waals surface area contributed by atoms with Gasteiger partial charge in [-0.2, -0.15) is 0 Å². The largest absolute Gasteiger partial charge is 0.497 e. The summed E-state index contributed by atoms with van der Waals surface area (Å²) in [7, 11) is 1.53. The summed E-state index contributed by atoms with van der Waals surface area (Å²) >= 11 is 0. The highest BCUT2D eigenvalue weighted by Crippen LogP contribution is 2.50. The van der Waals surface area contributed by atoms with Gasteiger partial charge in [-0.3, -0.25) is 0 Å². The van der Waals surface area contributed by atoms with Gasteiger partial charge in [0.2, 0.25) is 0 Å². The Morgan fingerprint density at radius 3 is 2.86 bits per heavy atom. The molecule has 0 aliphatic carbocycles. The smallest absolute Gasteiger partial charge is 0.407 e. The summed E-state index contributed by atoms with van der Waals surface area (Å²) in [5.74, 6) is 0.349. The molecule has 3 aliphatic rings. The lowest BCUT2D eigenvalue weighted by Gasteiger charge is -2.39. The van der Waals surface area contributed by atoms with E-state index in [2.05, 4.69) is 17.0 Å². The first-order valence-electron chi connectivity index (χ1n) is 9.82. The number of nitrogens with zero attached hydrogens (tertiary/aromatic N) is 2. The van der Waals surface area contributed by atoms with Crippen molar-refractivity contribution in [2.75, 3.05) is 31.6 Å². The third-order valence-electron chi connectivity index (χ3n) is 6.48. The molecule has 6 heteroatoms. The first kappa shape index (κ1) is 17.3. The molecule has 1 N–H and O–H groups in total. The van der Waals surface area contributed by atoms with Gasteiger partial charge in [0.1, 0.15) is 11.6 Å². The average molecular weight is 382 g/mol. The molecule has 28 heavy (non-hydrogen) atoms. The quantitative estimate of drug-likeness (QED) is 0.850. The van der Waals surface area contributed by atoms with E-state index in [0.29, 0.717) is 30.4 Å². The van der Waals surface area contributed by atoms with Gasteiger partial charge in [-0.25, -0.2) is 9.18 Å². The van der Waals surface area contributed by atoms with Gasteiger partial charge in [0, 0.05) is 48.9 Å². The third kappa shape index (κ3) is 2.54. The molecule has 1 saturated heterocycles. The van der Waals surface area contributed by atoms with E-state index < -0.39 is 6.09 Å². The fourth-order valence-electron chi connectivity index (χ4n) is 5.23. The molecule has 2 aromatic rings. The van der Waals surface area contributed by atoms with Gasteiger partial charge in [0.15, 0.2) is 0 Å². The fourth-order valence-corrected chi connectivity index (χ4v) is 5.23. The predicted octanol–water partition coefficient (Wildman–Crippen LogP) is 4.10. The molecular formula is C22H23FN2O3. The van der Waals surface area contributed by atoms with Crippen LogP contribution in [0.15, 0.2) is 30.3 Å². The van der Waals surface area contributed by atoms with E-state index in [-0.39, 0.29) is 11.7 Å². The minimum absolute atomic E-state index is 0.151. The number of aryl methyl sites for hydroxylation is 1. The number of carboxylic acid groups (broad SMARTS) is 1. The van der Waals surface area contributed by atoms with E-state index in [1.54, 1.807) is 12.1 Å². The van der Waals surface area contributed by atoms with Crippen LogP contribution in [0, 0.1) is 5.82 Å². The van der Waals surface area contributed by atoms with Crippen LogP contribution in [0.25, 0.3) is 11.1 Å². The molecule has 0 aromatic heterocycles. The Morgan fingerprint density at radius 2 is 2.11 bits per heavy atom. The molecule has 5 rings (SSSR count). The van der Waals surface area contributed by atoms with Gasteiger partial charge in [-0.15, -0.1) is 0 Å². The molecule has 0 saturated carbocycles. The molecule has 0 bridgehead atoms. The maximum Gasteiger partial charge on any atom is 0.407 e. The lowest BCUT2D eigenvalue weighted by Crippen LogP contribution is -2.48. The Bertz CT molecular complexity index is 961. The van der Waals surface area contributed by atoms with E-state index in [4.69, 9.17) is 4.74 Å². The minimum atomic E-state index is -0.856. The van der Waals surface area contributed by atoms with Gasteiger partial charge in [0.05, 0.1) is 7.11 Å². The van der Waals surface area contributed by atoms with Crippen molar-refractivity contribution >= 4 is 11.8 Å². The Hall–Kier alpha value is -2.76. The van der Waals surface area contributed by atoms with Crippen LogP contribution in [-0.2, 0) is 6.42 Å². The number of fused-ring (bicyclic) bond motifs is 3. The number of amides is 1. The Morgan fingerprint density at radius 1 is 1.25 bits per heavy atom. The number of hydrogen-bond acceptors (Lipinski definition) is 3. The summed E-state index contributed by atoms with van der Waals surface area (Å²) in [5, 5.41) is 9.47. The van der Waals surface area contributed by atoms with Crippen LogP contribution in [0.5, 0.6) is 5.75 Å². The van der Waals surface area contributed by atoms with Crippen molar-refractivity contribution in [2.45, 2.75) is 31.2 Å². The van der Waals surface area contributed by atoms with Crippen molar-refractivity contribution in [3.63, 3.8) is 0 Å². The zero-order chi connectivity index (χ0) is 19.4. The number of rotatable bonds is 2. The Labute approximate surface area is 163 Å². The van der Waals surface area contributed by atoms with Crippen LogP contribution in [-0.4, -0.2) is 48.9 Å². The predicted molar refractivity (Wildman–Crippen MR) is 105 cm³/mol. The Balaban J connectivity index is 1.61. The molecule has 5 nitrogen and oxygen atoms in total. The van der Waals surface area contributed by atoms with E-state index in [9.17, 15) is 14.3 Å². The summed E-state index contributed by atoms with van der Waals surface area (Å²) < 4.78 is 19.9. The van der Waals surface area contributed by atoms with Crippen molar-refractivity contribution < 1.29 is 19.0 Å². The highest BCUT2D eigenvalue weighted by Gasteiger charge is 2.44. The van der Waals surface area contributed by atoms with Gasteiger partial charge in [-0.05, 0) is 60.2 Å². The zero-order valence-corrected chi connectivity index (χ0v) is 15.8. The number of carbonyl (C=O) groups is 1. The van der Waals surface area contributed by atoms with Crippen LogP contribution >= 0.6 is 0 Å². The number of hydrogen-bond donors (Lipinski definition) is 1. The second-order valence-corrected chi connectivity index (χ2v) is 7.91.